The van der Waals surface area contributed by atoms with Crippen molar-refractivity contribution >= 4 is 5.91 Å². The Morgan fingerprint density at radius 3 is 2.67 bits per heavy atom. The van der Waals surface area contributed by atoms with Crippen LogP contribution >= 0.6 is 0 Å². The highest BCUT2D eigenvalue weighted by atomic mass is 16.2. The smallest absolute Gasteiger partial charge is 0.237 e. The lowest BCUT2D eigenvalue weighted by molar-refractivity contribution is -0.128. The van der Waals surface area contributed by atoms with Crippen molar-refractivity contribution in [3.05, 3.63) is 0 Å². The number of carbonyl (C=O) groups excluding carboxylic acids is 1. The molecule has 0 radical (unpaired) electrons. The molecular formula is C14H29N3O. The number of nitrogens with one attached hydrogen (secondary N) is 1. The number of hydrogen-bond donors (Lipinski definition) is 1. The van der Waals surface area contributed by atoms with Crippen LogP contribution in [0.4, 0.5) is 0 Å². The van der Waals surface area contributed by atoms with Gasteiger partial charge in [-0.15, -0.1) is 0 Å². The summed E-state index contributed by atoms with van der Waals surface area (Å²) in [6.45, 7) is 11.1. The van der Waals surface area contributed by atoms with Crippen molar-refractivity contribution in [3.8, 4) is 0 Å². The minimum Gasteiger partial charge on any atom is -0.325 e. The Hall–Kier alpha value is -0.610. The highest BCUT2D eigenvalue weighted by Gasteiger charge is 2.30. The van der Waals surface area contributed by atoms with E-state index in [4.69, 9.17) is 0 Å². The summed E-state index contributed by atoms with van der Waals surface area (Å²) in [6, 6.07) is 0.583. The van der Waals surface area contributed by atoms with E-state index in [1.165, 1.54) is 0 Å². The van der Waals surface area contributed by atoms with Crippen molar-refractivity contribution in [1.29, 1.82) is 0 Å². The van der Waals surface area contributed by atoms with Gasteiger partial charge in [-0.05, 0) is 32.7 Å². The van der Waals surface area contributed by atoms with Crippen LogP contribution in [0.3, 0.4) is 0 Å². The minimum atomic E-state index is 0.239. The van der Waals surface area contributed by atoms with E-state index < -0.39 is 0 Å². The first-order valence-corrected chi connectivity index (χ1v) is 7.18. The second kappa shape index (κ2) is 7.10. The molecule has 0 aromatic heterocycles. The predicted molar refractivity (Wildman–Crippen MR) is 75.3 cm³/mol. The number of hydrogen-bond acceptors (Lipinski definition) is 3. The maximum absolute atomic E-state index is 11.9. The van der Waals surface area contributed by atoms with E-state index in [0.717, 1.165) is 25.9 Å². The zero-order chi connectivity index (χ0) is 13.7. The molecule has 1 amide bonds. The van der Waals surface area contributed by atoms with E-state index in [1.54, 1.807) is 0 Å². The fourth-order valence-corrected chi connectivity index (χ4v) is 2.33. The molecule has 0 bridgehead atoms. The molecule has 1 aliphatic heterocycles. The fourth-order valence-electron chi connectivity index (χ4n) is 2.33. The third kappa shape index (κ3) is 4.25. The molecule has 2 unspecified atom stereocenters. The topological polar surface area (TPSA) is 35.6 Å². The number of likely N-dealkylation sites (N-methyl/N-ethyl adjacent to an activating group) is 1. The second-order valence-electron chi connectivity index (χ2n) is 5.85. The van der Waals surface area contributed by atoms with Gasteiger partial charge in [0.25, 0.3) is 0 Å². The van der Waals surface area contributed by atoms with Crippen LogP contribution in [0.2, 0.25) is 0 Å². The van der Waals surface area contributed by atoms with E-state index in [9.17, 15) is 4.79 Å². The normalized spacial score (nSPS) is 22.3. The first-order valence-electron chi connectivity index (χ1n) is 7.18. The van der Waals surface area contributed by atoms with Gasteiger partial charge in [0.2, 0.25) is 5.91 Å². The molecule has 1 aliphatic rings. The summed E-state index contributed by atoms with van der Waals surface area (Å²) in [5, 5.41) is 3.31. The molecule has 106 valence electrons. The molecule has 1 fully saturated rings. The van der Waals surface area contributed by atoms with Crippen LogP contribution < -0.4 is 5.32 Å². The molecule has 0 spiro atoms. The van der Waals surface area contributed by atoms with Gasteiger partial charge in [-0.1, -0.05) is 20.8 Å². The highest BCUT2D eigenvalue weighted by Crippen LogP contribution is 2.14. The van der Waals surface area contributed by atoms with Crippen molar-refractivity contribution < 1.29 is 4.79 Å². The molecule has 0 aromatic rings. The molecular weight excluding hydrogens is 226 g/mol. The number of carbonyl (C=O) groups is 1. The number of rotatable bonds is 7. The molecule has 0 aromatic carbocycles. The zero-order valence-electron chi connectivity index (χ0n) is 12.6. The van der Waals surface area contributed by atoms with Gasteiger partial charge in [0.15, 0.2) is 0 Å². The van der Waals surface area contributed by atoms with Crippen LogP contribution in [-0.2, 0) is 4.79 Å². The molecule has 2 atom stereocenters. The third-order valence-corrected chi connectivity index (χ3v) is 3.92. The van der Waals surface area contributed by atoms with Crippen LogP contribution in [0.25, 0.3) is 0 Å². The Balaban J connectivity index is 2.45. The summed E-state index contributed by atoms with van der Waals surface area (Å²) in [6.07, 6.45) is 2.43. The molecule has 1 saturated heterocycles. The molecule has 4 heteroatoms. The average Bonchev–Trinajstić information content (AvgIpc) is 2.65. The van der Waals surface area contributed by atoms with Crippen LogP contribution in [0.5, 0.6) is 0 Å². The molecule has 0 aliphatic carbocycles. The van der Waals surface area contributed by atoms with E-state index in [-0.39, 0.29) is 12.1 Å². The Bertz CT molecular complexity index is 268. The molecule has 0 saturated carbocycles. The first kappa shape index (κ1) is 15.4. The molecule has 18 heavy (non-hydrogen) atoms. The van der Waals surface area contributed by atoms with Gasteiger partial charge in [-0.3, -0.25) is 10.1 Å². The van der Waals surface area contributed by atoms with Crippen LogP contribution in [-0.4, -0.2) is 54.6 Å². The number of nitrogens with zero attached hydrogens (tertiary/aromatic N) is 2. The van der Waals surface area contributed by atoms with Crippen LogP contribution in [0, 0.1) is 5.92 Å². The zero-order valence-corrected chi connectivity index (χ0v) is 12.6. The van der Waals surface area contributed by atoms with Crippen molar-refractivity contribution in [3.63, 3.8) is 0 Å². The maximum atomic E-state index is 11.9. The van der Waals surface area contributed by atoms with Gasteiger partial charge in [-0.25, -0.2) is 0 Å². The Labute approximate surface area is 112 Å². The van der Waals surface area contributed by atoms with Crippen molar-refractivity contribution in [1.82, 2.24) is 15.1 Å². The fraction of sp³-hybridized carbons (Fsp3) is 0.929. The highest BCUT2D eigenvalue weighted by molar-refractivity contribution is 5.80. The van der Waals surface area contributed by atoms with Crippen LogP contribution in [0.1, 0.15) is 40.5 Å². The monoisotopic (exact) mass is 255 g/mol. The van der Waals surface area contributed by atoms with Gasteiger partial charge >= 0.3 is 0 Å². The van der Waals surface area contributed by atoms with Gasteiger partial charge < -0.3 is 9.80 Å². The predicted octanol–water partition coefficient (Wildman–Crippen LogP) is 1.52. The van der Waals surface area contributed by atoms with E-state index in [2.05, 4.69) is 45.0 Å². The summed E-state index contributed by atoms with van der Waals surface area (Å²) >= 11 is 0. The van der Waals surface area contributed by atoms with Crippen molar-refractivity contribution in [2.75, 3.05) is 26.7 Å². The lowest BCUT2D eigenvalue weighted by Gasteiger charge is -2.30. The Morgan fingerprint density at radius 2 is 2.11 bits per heavy atom. The SMILES string of the molecule is CCC(C)N(C)CCN1C(=O)CNC1CC(C)C. The summed E-state index contributed by atoms with van der Waals surface area (Å²) in [4.78, 5) is 16.2. The lowest BCUT2D eigenvalue weighted by atomic mass is 10.1. The minimum absolute atomic E-state index is 0.239. The summed E-state index contributed by atoms with van der Waals surface area (Å²) in [5.41, 5.74) is 0. The third-order valence-electron chi connectivity index (χ3n) is 3.92. The van der Waals surface area contributed by atoms with Gasteiger partial charge in [0, 0.05) is 19.1 Å². The first-order chi connectivity index (χ1) is 8.45. The summed E-state index contributed by atoms with van der Waals surface area (Å²) < 4.78 is 0. The Kier molecular flexibility index (Phi) is 6.09. The van der Waals surface area contributed by atoms with Crippen molar-refractivity contribution in [2.45, 2.75) is 52.7 Å². The Morgan fingerprint density at radius 1 is 1.44 bits per heavy atom. The van der Waals surface area contributed by atoms with E-state index in [0.29, 0.717) is 18.5 Å². The van der Waals surface area contributed by atoms with E-state index >= 15 is 0 Å². The van der Waals surface area contributed by atoms with Gasteiger partial charge in [-0.2, -0.15) is 0 Å². The molecule has 1 rings (SSSR count). The summed E-state index contributed by atoms with van der Waals surface area (Å²) in [7, 11) is 2.14. The second-order valence-corrected chi connectivity index (χ2v) is 5.85. The standard InChI is InChI=1S/C14H29N3O/c1-6-12(4)16(5)7-8-17-13(9-11(2)3)15-10-14(17)18/h11-13,15H,6-10H2,1-5H3. The number of amides is 1. The van der Waals surface area contributed by atoms with E-state index in [1.807, 2.05) is 4.90 Å². The van der Waals surface area contributed by atoms with Gasteiger partial charge in [0.05, 0.1) is 12.7 Å². The van der Waals surface area contributed by atoms with Crippen molar-refractivity contribution in [2.24, 2.45) is 5.92 Å². The molecule has 1 heterocycles. The average molecular weight is 255 g/mol. The quantitative estimate of drug-likeness (QED) is 0.749. The largest absolute Gasteiger partial charge is 0.325 e. The maximum Gasteiger partial charge on any atom is 0.237 e. The van der Waals surface area contributed by atoms with Gasteiger partial charge in [0.1, 0.15) is 0 Å². The molecule has 4 nitrogen and oxygen atoms in total. The lowest BCUT2D eigenvalue weighted by Crippen LogP contribution is -2.43. The molecule has 1 N–H and O–H groups in total. The van der Waals surface area contributed by atoms with Crippen LogP contribution in [0.15, 0.2) is 0 Å². The summed E-state index contributed by atoms with van der Waals surface area (Å²) in [5.74, 6) is 0.862.